The van der Waals surface area contributed by atoms with Crippen molar-refractivity contribution < 1.29 is 23.9 Å². The summed E-state index contributed by atoms with van der Waals surface area (Å²) in [6, 6.07) is 7.57. The predicted molar refractivity (Wildman–Crippen MR) is 104 cm³/mol. The highest BCUT2D eigenvalue weighted by atomic mass is 16.5. The highest BCUT2D eigenvalue weighted by Gasteiger charge is 2.67. The molecule has 2 saturated heterocycles. The Morgan fingerprint density at radius 1 is 1.41 bits per heavy atom. The van der Waals surface area contributed by atoms with E-state index in [0.29, 0.717) is 13.1 Å². The number of amides is 3. The van der Waals surface area contributed by atoms with Crippen LogP contribution >= 0.6 is 0 Å². The third kappa shape index (κ3) is 3.17. The zero-order valence-corrected chi connectivity index (χ0v) is 16.8. The molecule has 1 N–H and O–H groups in total. The number of fused-ring (bicyclic) bond motifs is 1. The molecule has 0 unspecified atom stereocenters. The minimum absolute atomic E-state index is 0.0519. The average Bonchev–Trinajstić information content (AvgIpc) is 3.35. The van der Waals surface area contributed by atoms with Gasteiger partial charge in [0.15, 0.2) is 0 Å². The number of likely N-dealkylation sites (tertiary alicyclic amines) is 1. The van der Waals surface area contributed by atoms with E-state index in [2.05, 4.69) is 5.32 Å². The Kier molecular flexibility index (Phi) is 4.82. The molecule has 8 heteroatoms. The predicted octanol–water partition coefficient (Wildman–Crippen LogP) is 0.182. The van der Waals surface area contributed by atoms with Gasteiger partial charge in [0, 0.05) is 20.6 Å². The van der Waals surface area contributed by atoms with Crippen molar-refractivity contribution in [2.24, 2.45) is 11.8 Å². The van der Waals surface area contributed by atoms with E-state index in [1.54, 1.807) is 19.1 Å². The molecule has 3 heterocycles. The van der Waals surface area contributed by atoms with Gasteiger partial charge in [-0.2, -0.15) is 0 Å². The Bertz CT molecular complexity index is 885. The molecule has 8 nitrogen and oxygen atoms in total. The number of methoxy groups -OCH3 is 1. The standard InChI is InChI=1S/C21H25N3O5/c1-22-16(25)11-23(2)19(26)17-15-7-8-21(29-15)12-24(20(27)18(17)21)10-13-5-4-6-14(9-13)28-3/h4-9,15,17-18H,10-12H2,1-3H3,(H,22,25)/t15-,17+,18-,21-/m0/s1. The molecule has 4 rings (SSSR count). The molecule has 2 fully saturated rings. The second-order valence-electron chi connectivity index (χ2n) is 7.81. The summed E-state index contributed by atoms with van der Waals surface area (Å²) < 4.78 is 11.4. The van der Waals surface area contributed by atoms with E-state index in [1.165, 1.54) is 11.9 Å². The fourth-order valence-corrected chi connectivity index (χ4v) is 4.61. The zero-order valence-electron chi connectivity index (χ0n) is 16.8. The van der Waals surface area contributed by atoms with Crippen molar-refractivity contribution in [1.82, 2.24) is 15.1 Å². The van der Waals surface area contributed by atoms with Crippen LogP contribution in [-0.4, -0.2) is 73.5 Å². The molecule has 0 aliphatic carbocycles. The van der Waals surface area contributed by atoms with Crippen molar-refractivity contribution in [2.45, 2.75) is 18.2 Å². The number of carbonyl (C=O) groups excluding carboxylic acids is 3. The van der Waals surface area contributed by atoms with E-state index < -0.39 is 23.5 Å². The van der Waals surface area contributed by atoms with Gasteiger partial charge in [-0.1, -0.05) is 24.3 Å². The van der Waals surface area contributed by atoms with E-state index in [9.17, 15) is 14.4 Å². The molecule has 3 amide bonds. The minimum atomic E-state index is -0.769. The Morgan fingerprint density at radius 2 is 2.21 bits per heavy atom. The number of hydrogen-bond acceptors (Lipinski definition) is 5. The topological polar surface area (TPSA) is 88.2 Å². The van der Waals surface area contributed by atoms with Crippen LogP contribution in [0.15, 0.2) is 36.4 Å². The van der Waals surface area contributed by atoms with Gasteiger partial charge in [-0.3, -0.25) is 14.4 Å². The SMILES string of the molecule is CNC(=O)CN(C)C(=O)[C@@H]1[C@@H]2C=C[C@@]3(CN(Cc4cccc(OC)c4)C(=O)[C@H]13)O2. The van der Waals surface area contributed by atoms with E-state index in [-0.39, 0.29) is 24.3 Å². The molecule has 4 atom stereocenters. The van der Waals surface area contributed by atoms with Gasteiger partial charge < -0.3 is 24.6 Å². The molecule has 0 radical (unpaired) electrons. The number of likely N-dealkylation sites (N-methyl/N-ethyl adjacent to an activating group) is 2. The van der Waals surface area contributed by atoms with E-state index in [1.807, 2.05) is 36.4 Å². The molecular weight excluding hydrogens is 374 g/mol. The van der Waals surface area contributed by atoms with Crippen molar-refractivity contribution in [3.63, 3.8) is 0 Å². The van der Waals surface area contributed by atoms with Crippen LogP contribution in [0.5, 0.6) is 5.75 Å². The third-order valence-corrected chi connectivity index (χ3v) is 6.01. The lowest BCUT2D eigenvalue weighted by Gasteiger charge is -2.27. The van der Waals surface area contributed by atoms with Crippen molar-refractivity contribution in [3.05, 3.63) is 42.0 Å². The zero-order chi connectivity index (χ0) is 20.8. The number of nitrogens with one attached hydrogen (secondary N) is 1. The van der Waals surface area contributed by atoms with E-state index in [4.69, 9.17) is 9.47 Å². The van der Waals surface area contributed by atoms with Crippen LogP contribution in [0, 0.1) is 11.8 Å². The van der Waals surface area contributed by atoms with E-state index in [0.717, 1.165) is 11.3 Å². The molecule has 3 aliphatic heterocycles. The van der Waals surface area contributed by atoms with Crippen LogP contribution in [-0.2, 0) is 25.7 Å². The summed E-state index contributed by atoms with van der Waals surface area (Å²) in [7, 11) is 4.70. The molecule has 0 aromatic heterocycles. The molecule has 154 valence electrons. The van der Waals surface area contributed by atoms with Gasteiger partial charge in [-0.05, 0) is 17.7 Å². The quantitative estimate of drug-likeness (QED) is 0.690. The first-order valence-corrected chi connectivity index (χ1v) is 9.63. The fraction of sp³-hybridized carbons (Fsp3) is 0.476. The molecule has 1 spiro atoms. The molecule has 1 aromatic carbocycles. The van der Waals surface area contributed by atoms with Gasteiger partial charge in [0.05, 0.1) is 38.1 Å². The number of nitrogens with zero attached hydrogens (tertiary/aromatic N) is 2. The van der Waals surface area contributed by atoms with Gasteiger partial charge in [0.25, 0.3) is 0 Å². The summed E-state index contributed by atoms with van der Waals surface area (Å²) in [5, 5.41) is 2.51. The Labute approximate surface area is 169 Å². The monoisotopic (exact) mass is 399 g/mol. The Balaban J connectivity index is 1.54. The van der Waals surface area contributed by atoms with Crippen molar-refractivity contribution in [2.75, 3.05) is 34.3 Å². The van der Waals surface area contributed by atoms with Gasteiger partial charge in [-0.25, -0.2) is 0 Å². The minimum Gasteiger partial charge on any atom is -0.497 e. The smallest absolute Gasteiger partial charge is 0.239 e. The summed E-state index contributed by atoms with van der Waals surface area (Å²) in [4.78, 5) is 41.1. The largest absolute Gasteiger partial charge is 0.497 e. The highest BCUT2D eigenvalue weighted by Crippen LogP contribution is 2.52. The second kappa shape index (κ2) is 7.18. The number of hydrogen-bond donors (Lipinski definition) is 1. The lowest BCUT2D eigenvalue weighted by Crippen LogP contribution is -2.47. The number of ether oxygens (including phenoxy) is 2. The van der Waals surface area contributed by atoms with Gasteiger partial charge in [0.1, 0.15) is 11.4 Å². The first kappa shape index (κ1) is 19.4. The first-order chi connectivity index (χ1) is 13.9. The first-order valence-electron chi connectivity index (χ1n) is 9.63. The second-order valence-corrected chi connectivity index (χ2v) is 7.81. The van der Waals surface area contributed by atoms with Crippen LogP contribution < -0.4 is 10.1 Å². The molecule has 29 heavy (non-hydrogen) atoms. The molecular formula is C21H25N3O5. The summed E-state index contributed by atoms with van der Waals surface area (Å²) in [6.07, 6.45) is 3.37. The maximum absolute atomic E-state index is 13.3. The number of benzene rings is 1. The number of carbonyl (C=O) groups is 3. The molecule has 2 bridgehead atoms. The summed E-state index contributed by atoms with van der Waals surface area (Å²) in [5.74, 6) is -1.04. The van der Waals surface area contributed by atoms with Crippen molar-refractivity contribution >= 4 is 17.7 Å². The van der Waals surface area contributed by atoms with Crippen LogP contribution in [0.25, 0.3) is 0 Å². The molecule has 3 aliphatic rings. The van der Waals surface area contributed by atoms with E-state index >= 15 is 0 Å². The Morgan fingerprint density at radius 3 is 2.93 bits per heavy atom. The lowest BCUT2D eigenvalue weighted by molar-refractivity contribution is -0.144. The number of rotatable bonds is 6. The maximum Gasteiger partial charge on any atom is 0.239 e. The summed E-state index contributed by atoms with van der Waals surface area (Å²) >= 11 is 0. The van der Waals surface area contributed by atoms with Gasteiger partial charge in [-0.15, -0.1) is 0 Å². The summed E-state index contributed by atoms with van der Waals surface area (Å²) in [5.41, 5.74) is 0.182. The van der Waals surface area contributed by atoms with Crippen LogP contribution in [0.4, 0.5) is 0 Å². The highest BCUT2D eigenvalue weighted by molar-refractivity contribution is 5.94. The summed E-state index contributed by atoms with van der Waals surface area (Å²) in [6.45, 7) is 0.776. The molecule has 0 saturated carbocycles. The maximum atomic E-state index is 13.3. The van der Waals surface area contributed by atoms with Crippen molar-refractivity contribution in [3.8, 4) is 5.75 Å². The van der Waals surface area contributed by atoms with Gasteiger partial charge in [0.2, 0.25) is 17.7 Å². The van der Waals surface area contributed by atoms with Crippen LogP contribution in [0.1, 0.15) is 5.56 Å². The lowest BCUT2D eigenvalue weighted by atomic mass is 9.76. The van der Waals surface area contributed by atoms with Crippen LogP contribution in [0.3, 0.4) is 0 Å². The third-order valence-electron chi connectivity index (χ3n) is 6.01. The fourth-order valence-electron chi connectivity index (χ4n) is 4.61. The van der Waals surface area contributed by atoms with Gasteiger partial charge >= 0.3 is 0 Å². The molecule has 1 aromatic rings. The normalized spacial score (nSPS) is 29.1. The van der Waals surface area contributed by atoms with Crippen LogP contribution in [0.2, 0.25) is 0 Å². The Hall–Kier alpha value is -2.87. The van der Waals surface area contributed by atoms with Crippen molar-refractivity contribution in [1.29, 1.82) is 0 Å². The average molecular weight is 399 g/mol.